The molecule has 8 nitrogen and oxygen atoms in total. The largest absolute Gasteiger partial charge is 0.442 e. The maximum Gasteiger partial charge on any atom is 0.442 e. The average Bonchev–Trinajstić information content (AvgIpc) is 2.87. The molecule has 0 bridgehead atoms. The molecular weight excluding hydrogens is 405 g/mol. The molecule has 0 spiro atoms. The number of nitrogens with zero attached hydrogens (tertiary/aromatic N) is 2. The standard InChI is InChI=1S/C16H15F3N2O6S/c1-3-11(28-16(17,18)19)15(27-12(22)4-2)20-13(23)9-6-5-8(21(25)26)7-10(9)14(20)24/h5-7,11,15H,3-4H2,1-2H3. The zero-order valence-electron chi connectivity index (χ0n) is 14.7. The summed E-state index contributed by atoms with van der Waals surface area (Å²) in [5.74, 6) is -2.93. The Morgan fingerprint density at radius 3 is 2.36 bits per heavy atom. The molecule has 2 unspecified atom stereocenters. The number of nitro groups is 1. The Bertz CT molecular complexity index is 829. The van der Waals surface area contributed by atoms with Crippen LogP contribution < -0.4 is 0 Å². The highest BCUT2D eigenvalue weighted by molar-refractivity contribution is 8.00. The van der Waals surface area contributed by atoms with Gasteiger partial charge in [0.25, 0.3) is 17.5 Å². The number of non-ortho nitro benzene ring substituents is 1. The first-order valence-corrected chi connectivity index (χ1v) is 8.98. The van der Waals surface area contributed by atoms with Crippen molar-refractivity contribution in [3.63, 3.8) is 0 Å². The van der Waals surface area contributed by atoms with Gasteiger partial charge in [0.05, 0.1) is 21.3 Å². The van der Waals surface area contributed by atoms with Gasteiger partial charge in [-0.25, -0.2) is 4.90 Å². The normalized spacial score (nSPS) is 16.0. The summed E-state index contributed by atoms with van der Waals surface area (Å²) in [6, 6.07) is 2.92. The monoisotopic (exact) mass is 420 g/mol. The number of thioether (sulfide) groups is 1. The van der Waals surface area contributed by atoms with Crippen molar-refractivity contribution in [2.45, 2.75) is 43.7 Å². The van der Waals surface area contributed by atoms with Crippen LogP contribution in [0.2, 0.25) is 0 Å². The number of imide groups is 1. The van der Waals surface area contributed by atoms with Gasteiger partial charge in [-0.2, -0.15) is 13.2 Å². The van der Waals surface area contributed by atoms with Crippen molar-refractivity contribution in [3.05, 3.63) is 39.4 Å². The third-order valence-electron chi connectivity index (χ3n) is 3.91. The van der Waals surface area contributed by atoms with E-state index in [-0.39, 0.29) is 24.0 Å². The highest BCUT2D eigenvalue weighted by Crippen LogP contribution is 2.40. The Kier molecular flexibility index (Phi) is 6.32. The van der Waals surface area contributed by atoms with E-state index in [1.165, 1.54) is 13.8 Å². The summed E-state index contributed by atoms with van der Waals surface area (Å²) in [5.41, 5.74) is -5.70. The molecule has 0 fully saturated rings. The van der Waals surface area contributed by atoms with Crippen molar-refractivity contribution >= 4 is 35.2 Å². The molecule has 2 rings (SSSR count). The zero-order valence-corrected chi connectivity index (χ0v) is 15.5. The van der Waals surface area contributed by atoms with Crippen LogP contribution in [0.5, 0.6) is 0 Å². The summed E-state index contributed by atoms with van der Waals surface area (Å²) in [6.45, 7) is 2.79. The third-order valence-corrected chi connectivity index (χ3v) is 5.05. The third kappa shape index (κ3) is 4.43. The van der Waals surface area contributed by atoms with Gasteiger partial charge in [-0.3, -0.25) is 24.5 Å². The van der Waals surface area contributed by atoms with Crippen molar-refractivity contribution in [2.24, 2.45) is 0 Å². The number of nitro benzene ring substituents is 1. The van der Waals surface area contributed by atoms with Crippen LogP contribution >= 0.6 is 11.8 Å². The Morgan fingerprint density at radius 2 is 1.86 bits per heavy atom. The molecule has 152 valence electrons. The van der Waals surface area contributed by atoms with Crippen LogP contribution in [0.15, 0.2) is 18.2 Å². The molecule has 0 saturated carbocycles. The fourth-order valence-corrected chi connectivity index (χ4v) is 3.42. The van der Waals surface area contributed by atoms with Crippen LogP contribution in [0.25, 0.3) is 0 Å². The predicted molar refractivity (Wildman–Crippen MR) is 91.5 cm³/mol. The fourth-order valence-electron chi connectivity index (χ4n) is 2.62. The van der Waals surface area contributed by atoms with E-state index in [0.29, 0.717) is 4.90 Å². The van der Waals surface area contributed by atoms with Crippen molar-refractivity contribution in [1.29, 1.82) is 0 Å². The molecule has 0 N–H and O–H groups in total. The minimum absolute atomic E-state index is 0.167. The van der Waals surface area contributed by atoms with Gasteiger partial charge in [0.2, 0.25) is 0 Å². The summed E-state index contributed by atoms with van der Waals surface area (Å²) in [5, 5.41) is 9.43. The lowest BCUT2D eigenvalue weighted by Crippen LogP contribution is -2.49. The smallest absolute Gasteiger partial charge is 0.440 e. The van der Waals surface area contributed by atoms with Crippen molar-refractivity contribution in [3.8, 4) is 0 Å². The van der Waals surface area contributed by atoms with Gasteiger partial charge in [0.1, 0.15) is 0 Å². The number of carbonyl (C=O) groups excluding carboxylic acids is 3. The second-order valence-corrected chi connectivity index (χ2v) is 7.02. The van der Waals surface area contributed by atoms with E-state index >= 15 is 0 Å². The SMILES string of the molecule is CCC(=O)OC(C(CC)SC(F)(F)F)N1C(=O)c2ccc([N+](=O)[O-])cc2C1=O. The number of benzene rings is 1. The zero-order chi connectivity index (χ0) is 21.2. The Morgan fingerprint density at radius 1 is 1.25 bits per heavy atom. The van der Waals surface area contributed by atoms with Gasteiger partial charge >= 0.3 is 11.5 Å². The highest BCUT2D eigenvalue weighted by Gasteiger charge is 2.48. The van der Waals surface area contributed by atoms with Gasteiger partial charge < -0.3 is 4.74 Å². The molecule has 0 saturated heterocycles. The maximum absolute atomic E-state index is 12.9. The number of esters is 1. The number of carbonyl (C=O) groups is 3. The molecule has 1 aliphatic rings. The van der Waals surface area contributed by atoms with Crippen LogP contribution in [0.4, 0.5) is 18.9 Å². The summed E-state index contributed by atoms with van der Waals surface area (Å²) in [6.07, 6.45) is -2.16. The molecule has 1 aromatic rings. The van der Waals surface area contributed by atoms with E-state index in [1.54, 1.807) is 0 Å². The maximum atomic E-state index is 12.9. The van der Waals surface area contributed by atoms with Crippen LogP contribution in [-0.2, 0) is 9.53 Å². The molecule has 0 aliphatic carbocycles. The van der Waals surface area contributed by atoms with E-state index in [0.717, 1.165) is 18.2 Å². The van der Waals surface area contributed by atoms with Crippen LogP contribution in [0.3, 0.4) is 0 Å². The minimum Gasteiger partial charge on any atom is -0.440 e. The molecule has 28 heavy (non-hydrogen) atoms. The lowest BCUT2D eigenvalue weighted by Gasteiger charge is -2.32. The van der Waals surface area contributed by atoms with E-state index in [9.17, 15) is 37.7 Å². The van der Waals surface area contributed by atoms with Gasteiger partial charge in [-0.1, -0.05) is 13.8 Å². The first-order chi connectivity index (χ1) is 13.0. The number of fused-ring (bicyclic) bond motifs is 1. The van der Waals surface area contributed by atoms with E-state index in [1.807, 2.05) is 0 Å². The second-order valence-electron chi connectivity index (χ2n) is 5.71. The number of alkyl halides is 3. The molecule has 1 heterocycles. The quantitative estimate of drug-likeness (QED) is 0.288. The first kappa shape index (κ1) is 21.7. The lowest BCUT2D eigenvalue weighted by atomic mass is 10.1. The molecule has 1 aliphatic heterocycles. The highest BCUT2D eigenvalue weighted by atomic mass is 32.2. The number of rotatable bonds is 7. The van der Waals surface area contributed by atoms with Gasteiger partial charge in [0.15, 0.2) is 6.23 Å². The van der Waals surface area contributed by atoms with Crippen molar-refractivity contribution < 1.29 is 37.2 Å². The minimum atomic E-state index is -4.70. The second kappa shape index (κ2) is 8.17. The van der Waals surface area contributed by atoms with Crippen LogP contribution in [-0.4, -0.2) is 44.6 Å². The van der Waals surface area contributed by atoms with Gasteiger partial charge in [-0.15, -0.1) is 0 Å². The summed E-state index contributed by atoms with van der Waals surface area (Å²) in [7, 11) is 0. The Hall–Kier alpha value is -2.63. The van der Waals surface area contributed by atoms with E-state index in [4.69, 9.17) is 4.74 Å². The number of amides is 2. The van der Waals surface area contributed by atoms with Gasteiger partial charge in [0, 0.05) is 18.6 Å². The molecule has 2 amide bonds. The number of halogens is 3. The molecule has 1 aromatic carbocycles. The molecule has 0 radical (unpaired) electrons. The Labute approximate surface area is 161 Å². The molecular formula is C16H15F3N2O6S. The predicted octanol–water partition coefficient (Wildman–Crippen LogP) is 3.50. The lowest BCUT2D eigenvalue weighted by molar-refractivity contribution is -0.384. The van der Waals surface area contributed by atoms with Crippen molar-refractivity contribution in [2.75, 3.05) is 0 Å². The molecule has 12 heteroatoms. The fraction of sp³-hybridized carbons (Fsp3) is 0.438. The van der Waals surface area contributed by atoms with E-state index in [2.05, 4.69) is 0 Å². The van der Waals surface area contributed by atoms with Crippen molar-refractivity contribution in [1.82, 2.24) is 4.90 Å². The number of hydrogen-bond donors (Lipinski definition) is 0. The van der Waals surface area contributed by atoms with E-state index < -0.39 is 57.1 Å². The Balaban J connectivity index is 2.47. The topological polar surface area (TPSA) is 107 Å². The average molecular weight is 420 g/mol. The number of ether oxygens (including phenoxy) is 1. The number of hydrogen-bond acceptors (Lipinski definition) is 7. The van der Waals surface area contributed by atoms with Gasteiger partial charge in [-0.05, 0) is 24.2 Å². The summed E-state index contributed by atoms with van der Waals surface area (Å²) in [4.78, 5) is 47.6. The summed E-state index contributed by atoms with van der Waals surface area (Å²) >= 11 is -0.491. The molecule has 0 aromatic heterocycles. The molecule has 2 atom stereocenters. The first-order valence-electron chi connectivity index (χ1n) is 8.10. The van der Waals surface area contributed by atoms with Crippen LogP contribution in [0, 0.1) is 10.1 Å². The summed E-state index contributed by atoms with van der Waals surface area (Å²) < 4.78 is 43.8. The van der Waals surface area contributed by atoms with Crippen LogP contribution in [0.1, 0.15) is 47.4 Å².